The van der Waals surface area contributed by atoms with Crippen LogP contribution in [0.15, 0.2) is 54.2 Å². The number of carbonyl (C=O) groups is 1. The van der Waals surface area contributed by atoms with Crippen molar-refractivity contribution in [3.63, 3.8) is 0 Å². The minimum absolute atomic E-state index is 0.0307. The summed E-state index contributed by atoms with van der Waals surface area (Å²) in [6.07, 6.45) is 6.72. The topological polar surface area (TPSA) is 79.2 Å². The number of anilines is 1. The van der Waals surface area contributed by atoms with Crippen molar-refractivity contribution >= 4 is 17.8 Å². The molecule has 2 atom stereocenters. The van der Waals surface area contributed by atoms with Crippen molar-refractivity contribution in [1.29, 1.82) is 0 Å². The fourth-order valence-electron chi connectivity index (χ4n) is 5.77. The van der Waals surface area contributed by atoms with Crippen molar-refractivity contribution in [2.45, 2.75) is 64.5 Å². The highest BCUT2D eigenvalue weighted by Crippen LogP contribution is 2.57. The second kappa shape index (κ2) is 9.41. The molecular weight excluding hydrogens is 474 g/mol. The summed E-state index contributed by atoms with van der Waals surface area (Å²) in [5.74, 6) is -0.681. The zero-order chi connectivity index (χ0) is 26.4. The fraction of sp³-hybridized carbons (Fsp3) is 0.379. The first-order valence-electron chi connectivity index (χ1n) is 12.7. The van der Waals surface area contributed by atoms with E-state index < -0.39 is 11.0 Å². The van der Waals surface area contributed by atoms with E-state index >= 15 is 0 Å². The van der Waals surface area contributed by atoms with Crippen LogP contribution >= 0.6 is 0 Å². The van der Waals surface area contributed by atoms with Gasteiger partial charge in [-0.15, -0.1) is 0 Å². The van der Waals surface area contributed by atoms with Crippen molar-refractivity contribution in [2.75, 3.05) is 5.32 Å². The van der Waals surface area contributed by atoms with E-state index in [1.165, 1.54) is 24.3 Å². The summed E-state index contributed by atoms with van der Waals surface area (Å²) in [6, 6.07) is 10.2. The van der Waals surface area contributed by atoms with Crippen molar-refractivity contribution in [2.24, 2.45) is 5.41 Å². The van der Waals surface area contributed by atoms with Crippen molar-refractivity contribution < 1.29 is 18.7 Å². The molecule has 0 bridgehead atoms. The molecule has 37 heavy (non-hydrogen) atoms. The highest BCUT2D eigenvalue weighted by molar-refractivity contribution is 5.90. The van der Waals surface area contributed by atoms with Gasteiger partial charge < -0.3 is 15.7 Å². The summed E-state index contributed by atoms with van der Waals surface area (Å²) < 4.78 is 29.4. The highest BCUT2D eigenvalue weighted by Gasteiger charge is 2.54. The average molecular weight is 507 g/mol. The number of carbonyl (C=O) groups excluding carboxylic acids is 1. The first-order chi connectivity index (χ1) is 17.6. The van der Waals surface area contributed by atoms with Gasteiger partial charge in [-0.3, -0.25) is 0 Å². The molecule has 5 rings (SSSR count). The second-order valence-electron chi connectivity index (χ2n) is 10.7. The first kappa shape index (κ1) is 25.1. The maximum atomic E-state index is 14.1. The van der Waals surface area contributed by atoms with Crippen LogP contribution in [0.2, 0.25) is 0 Å². The molecule has 1 aromatic heterocycles. The van der Waals surface area contributed by atoms with Crippen LogP contribution in [-0.4, -0.2) is 32.6 Å². The quantitative estimate of drug-likeness (QED) is 0.396. The van der Waals surface area contributed by atoms with Crippen LogP contribution in [0.1, 0.15) is 56.9 Å². The number of aryl methyl sites for hydroxylation is 1. The molecule has 2 amide bonds. The van der Waals surface area contributed by atoms with Crippen LogP contribution < -0.4 is 10.6 Å². The van der Waals surface area contributed by atoms with E-state index in [0.29, 0.717) is 36.9 Å². The SMILES string of the molecule is CC(C)NC(=O)Nc1ccc(F)cc1CC[C@]1(O)CCC2=Cc3c(cnn3-c3ccc(F)cc3)C[C@@]21C. The van der Waals surface area contributed by atoms with Gasteiger partial charge in [-0.2, -0.15) is 5.10 Å². The number of nitrogens with zero attached hydrogens (tertiary/aromatic N) is 2. The molecule has 3 N–H and O–H groups in total. The lowest BCUT2D eigenvalue weighted by Crippen LogP contribution is -2.45. The number of aromatic nitrogens is 2. The third kappa shape index (κ3) is 4.66. The molecule has 8 heteroatoms. The van der Waals surface area contributed by atoms with Gasteiger partial charge in [0.05, 0.1) is 23.2 Å². The van der Waals surface area contributed by atoms with Gasteiger partial charge in [-0.05, 0) is 106 Å². The second-order valence-corrected chi connectivity index (χ2v) is 10.7. The molecule has 2 aliphatic rings. The molecule has 0 saturated heterocycles. The van der Waals surface area contributed by atoms with Crippen LogP contribution in [0.3, 0.4) is 0 Å². The van der Waals surface area contributed by atoms with Gasteiger partial charge in [0.25, 0.3) is 0 Å². The number of benzene rings is 2. The maximum Gasteiger partial charge on any atom is 0.319 e. The molecule has 6 nitrogen and oxygen atoms in total. The number of rotatable bonds is 6. The zero-order valence-electron chi connectivity index (χ0n) is 21.3. The highest BCUT2D eigenvalue weighted by atomic mass is 19.1. The average Bonchev–Trinajstić information content (AvgIpc) is 3.35. The Morgan fingerprint density at radius 3 is 2.62 bits per heavy atom. The molecule has 1 saturated carbocycles. The van der Waals surface area contributed by atoms with Crippen LogP contribution in [0.25, 0.3) is 11.8 Å². The molecule has 2 aliphatic carbocycles. The van der Waals surface area contributed by atoms with E-state index in [2.05, 4.69) is 28.7 Å². The molecule has 0 unspecified atom stereocenters. The van der Waals surface area contributed by atoms with E-state index in [1.807, 2.05) is 24.7 Å². The Hall–Kier alpha value is -3.52. The number of amides is 2. The Balaban J connectivity index is 1.38. The number of urea groups is 1. The van der Waals surface area contributed by atoms with Crippen molar-refractivity contribution in [3.8, 4) is 5.69 Å². The Labute approximate surface area is 215 Å². The summed E-state index contributed by atoms with van der Waals surface area (Å²) in [5.41, 5.74) is 3.60. The third-order valence-electron chi connectivity index (χ3n) is 7.90. The van der Waals surface area contributed by atoms with Crippen LogP contribution in [0, 0.1) is 17.0 Å². The number of halogens is 2. The summed E-state index contributed by atoms with van der Waals surface area (Å²) in [6.45, 7) is 5.82. The predicted octanol–water partition coefficient (Wildman–Crippen LogP) is 5.78. The number of aliphatic hydroxyl groups is 1. The number of fused-ring (bicyclic) bond motifs is 2. The molecular formula is C29H32F2N4O2. The molecule has 194 valence electrons. The minimum Gasteiger partial charge on any atom is -0.389 e. The van der Waals surface area contributed by atoms with Crippen molar-refractivity contribution in [1.82, 2.24) is 15.1 Å². The van der Waals surface area contributed by atoms with E-state index in [4.69, 9.17) is 0 Å². The van der Waals surface area contributed by atoms with Gasteiger partial charge in [-0.1, -0.05) is 12.5 Å². The van der Waals surface area contributed by atoms with Gasteiger partial charge >= 0.3 is 6.03 Å². The largest absolute Gasteiger partial charge is 0.389 e. The molecule has 0 spiro atoms. The Morgan fingerprint density at radius 2 is 1.89 bits per heavy atom. The van der Waals surface area contributed by atoms with E-state index in [1.54, 1.807) is 18.2 Å². The van der Waals surface area contributed by atoms with Crippen molar-refractivity contribution in [3.05, 3.63) is 82.7 Å². The lowest BCUT2D eigenvalue weighted by molar-refractivity contribution is -0.0461. The molecule has 1 fully saturated rings. The minimum atomic E-state index is -1.00. The van der Waals surface area contributed by atoms with Gasteiger partial charge in [0.15, 0.2) is 0 Å². The summed E-state index contributed by atoms with van der Waals surface area (Å²) in [4.78, 5) is 12.3. The van der Waals surface area contributed by atoms with E-state index in [0.717, 1.165) is 28.9 Å². The standard InChI is InChI=1S/C29H32F2N4O2/c1-18(2)33-27(36)34-25-9-6-23(31)14-19(25)10-12-29(37)13-11-21-15-26-20(16-28(21,29)3)17-32-35(26)24-7-4-22(30)5-8-24/h4-9,14-15,17-18,37H,10-13,16H2,1-3H3,(H2,33,34,36)/t28-,29-/m0/s1. The van der Waals surface area contributed by atoms with Crippen LogP contribution in [-0.2, 0) is 12.8 Å². The predicted molar refractivity (Wildman–Crippen MR) is 140 cm³/mol. The summed E-state index contributed by atoms with van der Waals surface area (Å²) >= 11 is 0. The van der Waals surface area contributed by atoms with Crippen LogP contribution in [0.5, 0.6) is 0 Å². The fourth-order valence-corrected chi connectivity index (χ4v) is 5.77. The molecule has 0 aliphatic heterocycles. The molecule has 1 heterocycles. The number of nitrogens with one attached hydrogen (secondary N) is 2. The maximum absolute atomic E-state index is 14.1. The van der Waals surface area contributed by atoms with E-state index in [-0.39, 0.29) is 23.7 Å². The third-order valence-corrected chi connectivity index (χ3v) is 7.90. The number of hydrogen-bond donors (Lipinski definition) is 3. The van der Waals surface area contributed by atoms with Gasteiger partial charge in [-0.25, -0.2) is 18.3 Å². The van der Waals surface area contributed by atoms with Gasteiger partial charge in [0, 0.05) is 17.1 Å². The Morgan fingerprint density at radius 1 is 1.16 bits per heavy atom. The smallest absolute Gasteiger partial charge is 0.319 e. The number of hydrogen-bond acceptors (Lipinski definition) is 3. The van der Waals surface area contributed by atoms with E-state index in [9.17, 15) is 18.7 Å². The van der Waals surface area contributed by atoms with Crippen LogP contribution in [0.4, 0.5) is 19.3 Å². The Kier molecular flexibility index (Phi) is 6.40. The first-order valence-corrected chi connectivity index (χ1v) is 12.7. The van der Waals surface area contributed by atoms with Gasteiger partial charge in [0.1, 0.15) is 11.6 Å². The molecule has 2 aromatic carbocycles. The summed E-state index contributed by atoms with van der Waals surface area (Å²) in [7, 11) is 0. The monoisotopic (exact) mass is 506 g/mol. The lowest BCUT2D eigenvalue weighted by atomic mass is 9.65. The van der Waals surface area contributed by atoms with Gasteiger partial charge in [0.2, 0.25) is 0 Å². The molecule has 3 aromatic rings. The zero-order valence-corrected chi connectivity index (χ0v) is 21.3. The Bertz CT molecular complexity index is 1360. The molecule has 0 radical (unpaired) electrons. The lowest BCUT2D eigenvalue weighted by Gasteiger charge is -2.42. The normalized spacial score (nSPS) is 22.4. The summed E-state index contributed by atoms with van der Waals surface area (Å²) in [5, 5.41) is 22.1.